The van der Waals surface area contributed by atoms with Gasteiger partial charge in [0.2, 0.25) is 15.5 Å². The summed E-state index contributed by atoms with van der Waals surface area (Å²) < 4.78 is 48.9. The second-order valence-corrected chi connectivity index (χ2v) is 8.41. The Kier molecular flexibility index (Phi) is 3.79. The van der Waals surface area contributed by atoms with Crippen molar-refractivity contribution in [1.29, 1.82) is 0 Å². The Bertz CT molecular complexity index is 706. The number of aromatic nitrogens is 1. The molecule has 0 radical (unpaired) electrons. The molecule has 106 valence electrons. The first-order valence-corrected chi connectivity index (χ1v) is 9.00. The van der Waals surface area contributed by atoms with Crippen molar-refractivity contribution >= 4 is 19.9 Å². The maximum atomic E-state index is 12.0. The van der Waals surface area contributed by atoms with E-state index in [2.05, 4.69) is 9.71 Å². The minimum atomic E-state index is -3.92. The predicted molar refractivity (Wildman–Crippen MR) is 69.1 cm³/mol. The lowest BCUT2D eigenvalue weighted by atomic mass is 10.2. The Hall–Kier alpha value is -1.19. The van der Waals surface area contributed by atoms with Crippen molar-refractivity contribution in [1.82, 2.24) is 9.71 Å². The summed E-state index contributed by atoms with van der Waals surface area (Å²) in [4.78, 5) is 13.7. The SMILES string of the molecule is O=c1cc[nH]cc1S(=O)(=O)NC1CCS(=O)(=O)CC1. The number of nitrogens with one attached hydrogen (secondary N) is 2. The van der Waals surface area contributed by atoms with Crippen LogP contribution in [0.4, 0.5) is 0 Å². The Morgan fingerprint density at radius 2 is 1.89 bits per heavy atom. The number of sulfone groups is 1. The molecule has 7 nitrogen and oxygen atoms in total. The number of H-pyrrole nitrogens is 1. The lowest BCUT2D eigenvalue weighted by Gasteiger charge is -2.22. The highest BCUT2D eigenvalue weighted by molar-refractivity contribution is 7.91. The molecule has 1 aromatic rings. The standard InChI is InChI=1S/C10H14N2O5S2/c13-9-1-4-11-7-10(9)19(16,17)12-8-2-5-18(14,15)6-3-8/h1,4,7-8,12H,2-3,5-6H2,(H,11,13). The van der Waals surface area contributed by atoms with Gasteiger partial charge in [0.25, 0.3) is 0 Å². The zero-order valence-corrected chi connectivity index (χ0v) is 11.6. The van der Waals surface area contributed by atoms with Crippen LogP contribution in [-0.2, 0) is 19.9 Å². The smallest absolute Gasteiger partial charge is 0.246 e. The Morgan fingerprint density at radius 3 is 2.47 bits per heavy atom. The van der Waals surface area contributed by atoms with Crippen LogP contribution in [0.1, 0.15) is 12.8 Å². The lowest BCUT2D eigenvalue weighted by molar-refractivity contribution is 0.505. The molecule has 1 aromatic heterocycles. The van der Waals surface area contributed by atoms with Crippen molar-refractivity contribution < 1.29 is 16.8 Å². The number of hydrogen-bond donors (Lipinski definition) is 2. The highest BCUT2D eigenvalue weighted by Crippen LogP contribution is 2.14. The van der Waals surface area contributed by atoms with Crippen LogP contribution in [0.15, 0.2) is 28.2 Å². The zero-order valence-electron chi connectivity index (χ0n) is 10.00. The molecule has 0 spiro atoms. The molecule has 0 unspecified atom stereocenters. The number of pyridine rings is 1. The van der Waals surface area contributed by atoms with E-state index in [0.29, 0.717) is 0 Å². The van der Waals surface area contributed by atoms with Gasteiger partial charge in [0.15, 0.2) is 0 Å². The van der Waals surface area contributed by atoms with Crippen LogP contribution >= 0.6 is 0 Å². The molecule has 0 aliphatic carbocycles. The molecule has 1 aliphatic rings. The van der Waals surface area contributed by atoms with Gasteiger partial charge in [-0.2, -0.15) is 0 Å². The average molecular weight is 306 g/mol. The summed E-state index contributed by atoms with van der Waals surface area (Å²) >= 11 is 0. The van der Waals surface area contributed by atoms with Crippen molar-refractivity contribution in [3.8, 4) is 0 Å². The van der Waals surface area contributed by atoms with Gasteiger partial charge in [-0.05, 0) is 12.8 Å². The first kappa shape index (κ1) is 14.2. The molecule has 1 saturated heterocycles. The molecule has 1 fully saturated rings. The van der Waals surface area contributed by atoms with Crippen LogP contribution < -0.4 is 10.2 Å². The highest BCUT2D eigenvalue weighted by Gasteiger charge is 2.28. The molecule has 0 bridgehead atoms. The largest absolute Gasteiger partial charge is 0.366 e. The molecular weight excluding hydrogens is 292 g/mol. The van der Waals surface area contributed by atoms with Crippen molar-refractivity contribution in [3.63, 3.8) is 0 Å². The zero-order chi connectivity index (χ0) is 14.1. The second kappa shape index (κ2) is 5.06. The van der Waals surface area contributed by atoms with Gasteiger partial charge in [-0.25, -0.2) is 21.6 Å². The van der Waals surface area contributed by atoms with Crippen LogP contribution in [0.2, 0.25) is 0 Å². The lowest BCUT2D eigenvalue weighted by Crippen LogP contribution is -2.41. The first-order valence-electron chi connectivity index (χ1n) is 5.70. The van der Waals surface area contributed by atoms with Crippen molar-refractivity contribution in [3.05, 3.63) is 28.7 Å². The molecule has 2 heterocycles. The van der Waals surface area contributed by atoms with E-state index < -0.39 is 31.3 Å². The topological polar surface area (TPSA) is 113 Å². The molecule has 0 saturated carbocycles. The number of rotatable bonds is 3. The van der Waals surface area contributed by atoms with Gasteiger partial charge in [-0.3, -0.25) is 4.79 Å². The van der Waals surface area contributed by atoms with Crippen LogP contribution in [0.5, 0.6) is 0 Å². The normalized spacial score (nSPS) is 20.2. The molecule has 2 N–H and O–H groups in total. The molecule has 0 aromatic carbocycles. The Balaban J connectivity index is 2.16. The summed E-state index contributed by atoms with van der Waals surface area (Å²) in [6, 6.07) is 0.674. The van der Waals surface area contributed by atoms with Gasteiger partial charge in [-0.15, -0.1) is 0 Å². The van der Waals surface area contributed by atoms with E-state index >= 15 is 0 Å². The fourth-order valence-electron chi connectivity index (χ4n) is 1.90. The molecular formula is C10H14N2O5S2. The summed E-state index contributed by atoms with van der Waals surface area (Å²) in [7, 11) is -6.96. The quantitative estimate of drug-likeness (QED) is 0.761. The molecule has 2 rings (SSSR count). The Morgan fingerprint density at radius 1 is 1.26 bits per heavy atom. The second-order valence-electron chi connectivity index (χ2n) is 4.42. The van der Waals surface area contributed by atoms with Gasteiger partial charge in [0.1, 0.15) is 14.7 Å². The maximum absolute atomic E-state index is 12.0. The fraction of sp³-hybridized carbons (Fsp3) is 0.500. The van der Waals surface area contributed by atoms with Gasteiger partial charge in [0, 0.05) is 24.5 Å². The monoisotopic (exact) mass is 306 g/mol. The minimum absolute atomic E-state index is 0.0364. The molecule has 0 amide bonds. The maximum Gasteiger partial charge on any atom is 0.246 e. The predicted octanol–water partition coefficient (Wildman–Crippen LogP) is -0.770. The summed E-state index contributed by atoms with van der Waals surface area (Å²) in [5, 5.41) is 0. The van der Waals surface area contributed by atoms with E-state index in [1.165, 1.54) is 6.20 Å². The first-order chi connectivity index (χ1) is 8.80. The van der Waals surface area contributed by atoms with E-state index in [0.717, 1.165) is 12.3 Å². The number of sulfonamides is 1. The summed E-state index contributed by atoms with van der Waals surface area (Å²) in [5.41, 5.74) is -0.602. The fourth-order valence-corrected chi connectivity index (χ4v) is 4.75. The summed E-state index contributed by atoms with van der Waals surface area (Å²) in [6.45, 7) is 0. The van der Waals surface area contributed by atoms with Gasteiger partial charge >= 0.3 is 0 Å². The van der Waals surface area contributed by atoms with E-state index in [1.807, 2.05) is 0 Å². The molecule has 19 heavy (non-hydrogen) atoms. The third kappa shape index (κ3) is 3.43. The molecule has 1 aliphatic heterocycles. The number of aromatic amines is 1. The van der Waals surface area contributed by atoms with Crippen molar-refractivity contribution in [2.24, 2.45) is 0 Å². The van der Waals surface area contributed by atoms with E-state index in [4.69, 9.17) is 0 Å². The number of hydrogen-bond acceptors (Lipinski definition) is 5. The minimum Gasteiger partial charge on any atom is -0.366 e. The van der Waals surface area contributed by atoms with E-state index in [-0.39, 0.29) is 29.2 Å². The van der Waals surface area contributed by atoms with Crippen LogP contribution in [-0.4, -0.2) is 39.4 Å². The third-order valence-electron chi connectivity index (χ3n) is 2.95. The highest BCUT2D eigenvalue weighted by atomic mass is 32.2. The van der Waals surface area contributed by atoms with Gasteiger partial charge in [-0.1, -0.05) is 0 Å². The van der Waals surface area contributed by atoms with Crippen LogP contribution in [0, 0.1) is 0 Å². The molecule has 9 heteroatoms. The molecule has 0 atom stereocenters. The van der Waals surface area contributed by atoms with Gasteiger partial charge in [0.05, 0.1) is 11.5 Å². The Labute approximate surface area is 111 Å². The summed E-state index contributed by atoms with van der Waals surface area (Å²) in [6.07, 6.45) is 2.91. The van der Waals surface area contributed by atoms with Crippen LogP contribution in [0.25, 0.3) is 0 Å². The van der Waals surface area contributed by atoms with Crippen molar-refractivity contribution in [2.75, 3.05) is 11.5 Å². The van der Waals surface area contributed by atoms with Crippen LogP contribution in [0.3, 0.4) is 0 Å². The van der Waals surface area contributed by atoms with Gasteiger partial charge < -0.3 is 4.98 Å². The average Bonchev–Trinajstić information content (AvgIpc) is 2.32. The van der Waals surface area contributed by atoms with E-state index in [9.17, 15) is 21.6 Å². The summed E-state index contributed by atoms with van der Waals surface area (Å²) in [5.74, 6) is -0.0728. The third-order valence-corrected chi connectivity index (χ3v) is 6.21. The van der Waals surface area contributed by atoms with Crippen molar-refractivity contribution in [2.45, 2.75) is 23.8 Å². The van der Waals surface area contributed by atoms with E-state index in [1.54, 1.807) is 0 Å².